The van der Waals surface area contributed by atoms with Crippen LogP contribution in [0.25, 0.3) is 10.6 Å². The van der Waals surface area contributed by atoms with Crippen molar-refractivity contribution in [2.75, 3.05) is 24.7 Å². The summed E-state index contributed by atoms with van der Waals surface area (Å²) < 4.78 is 27.5. The molecule has 0 aliphatic heterocycles. The molecule has 11 nitrogen and oxygen atoms in total. The van der Waals surface area contributed by atoms with Gasteiger partial charge < -0.3 is 25.8 Å². The molecule has 0 radical (unpaired) electrons. The van der Waals surface area contributed by atoms with Crippen LogP contribution < -0.4 is 20.7 Å². The van der Waals surface area contributed by atoms with Crippen molar-refractivity contribution in [3.8, 4) is 16.3 Å². The molecule has 0 saturated heterocycles. The lowest BCUT2D eigenvalue weighted by Gasteiger charge is -2.16. The highest BCUT2D eigenvalue weighted by Crippen LogP contribution is 2.40. The molecule has 3 aromatic rings. The second-order valence-corrected chi connectivity index (χ2v) is 8.09. The zero-order chi connectivity index (χ0) is 26.0. The zero-order valence-corrected chi connectivity index (χ0v) is 18.0. The zero-order valence-electron chi connectivity index (χ0n) is 20.2. The van der Waals surface area contributed by atoms with Crippen molar-refractivity contribution in [1.29, 1.82) is 0 Å². The molecule has 2 amide bonds. The van der Waals surface area contributed by atoms with E-state index in [4.69, 9.17) is 8.85 Å². The average molecular weight is 472 g/mol. The number of carboxylic acids is 1. The van der Waals surface area contributed by atoms with Gasteiger partial charge in [0.05, 0.1) is 30.2 Å². The number of hydrogen-bond acceptors (Lipinski definition) is 9. The van der Waals surface area contributed by atoms with E-state index in [0.717, 1.165) is 24.2 Å². The highest BCUT2D eigenvalue weighted by atomic mass is 32.1. The van der Waals surface area contributed by atoms with Crippen LogP contribution in [0.1, 0.15) is 37.1 Å². The topological polar surface area (TPSA) is 155 Å². The first kappa shape index (κ1) is 18.5. The fraction of sp³-hybridized carbons (Fsp3) is 0.238. The number of methoxy groups -OCH3 is 1. The molecule has 4 rings (SSSR count). The summed E-state index contributed by atoms with van der Waals surface area (Å²) in [6.07, 6.45) is 2.78. The van der Waals surface area contributed by atoms with Crippen LogP contribution in [0.5, 0.6) is 5.75 Å². The smallest absolute Gasteiger partial charge is 0.347 e. The molecule has 0 atom stereocenters. The lowest BCUT2D eigenvalue weighted by Crippen LogP contribution is -2.22. The van der Waals surface area contributed by atoms with Gasteiger partial charge in [-0.1, -0.05) is 6.07 Å². The Balaban J connectivity index is 1.72. The Morgan fingerprint density at radius 2 is 2.06 bits per heavy atom. The number of aromatic nitrogens is 3. The molecule has 0 bridgehead atoms. The van der Waals surface area contributed by atoms with E-state index in [1.54, 1.807) is 18.2 Å². The first-order chi connectivity index (χ1) is 17.1. The molecular formula is C21H20N6O5S. The van der Waals surface area contributed by atoms with Crippen LogP contribution in [0.2, 0.25) is 0 Å². The molecule has 1 aliphatic carbocycles. The summed E-state index contributed by atoms with van der Waals surface area (Å²) in [5.74, 6) is -2.10. The minimum atomic E-state index is -2.76. The number of aromatic carboxylic acids is 1. The van der Waals surface area contributed by atoms with Crippen molar-refractivity contribution >= 4 is 46.3 Å². The number of carbonyl (C=O) groups is 3. The fourth-order valence-electron chi connectivity index (χ4n) is 3.02. The van der Waals surface area contributed by atoms with Gasteiger partial charge in [0.25, 0.3) is 5.91 Å². The SMILES string of the molecule is [2H]C([2H])([2H])NC(=O)c1nnc(NC(=O)C2CC2)cc1Nc1cccc(-c2ncc(C(=O)O)s2)c1OC. The number of nitrogens with one attached hydrogen (secondary N) is 3. The monoisotopic (exact) mass is 471 g/mol. The lowest BCUT2D eigenvalue weighted by molar-refractivity contribution is -0.117. The largest absolute Gasteiger partial charge is 0.494 e. The quantitative estimate of drug-likeness (QED) is 0.388. The molecule has 4 N–H and O–H groups in total. The van der Waals surface area contributed by atoms with Crippen molar-refractivity contribution in [3.63, 3.8) is 0 Å². The number of amides is 2. The summed E-state index contributed by atoms with van der Waals surface area (Å²) in [6, 6.07) is 6.33. The molecule has 170 valence electrons. The number of thiazole rings is 1. The predicted octanol–water partition coefficient (Wildman–Crippen LogP) is 2.76. The third kappa shape index (κ3) is 4.75. The molecule has 2 heterocycles. The van der Waals surface area contributed by atoms with E-state index in [1.165, 1.54) is 19.4 Å². The Hall–Kier alpha value is -4.06. The van der Waals surface area contributed by atoms with Crippen LogP contribution >= 0.6 is 11.3 Å². The number of carbonyl (C=O) groups excluding carboxylic acids is 2. The van der Waals surface area contributed by atoms with E-state index in [2.05, 4.69) is 25.8 Å². The molecule has 33 heavy (non-hydrogen) atoms. The van der Waals surface area contributed by atoms with E-state index in [9.17, 15) is 19.5 Å². The molecule has 2 aromatic heterocycles. The maximum Gasteiger partial charge on any atom is 0.347 e. The van der Waals surface area contributed by atoms with Gasteiger partial charge in [0.2, 0.25) is 5.91 Å². The van der Waals surface area contributed by atoms with Crippen LogP contribution in [0, 0.1) is 5.92 Å². The highest BCUT2D eigenvalue weighted by molar-refractivity contribution is 7.16. The molecule has 1 aliphatic rings. The van der Waals surface area contributed by atoms with Gasteiger partial charge >= 0.3 is 5.97 Å². The van der Waals surface area contributed by atoms with Crippen molar-refractivity contribution in [3.05, 3.63) is 41.0 Å². The molecule has 1 aromatic carbocycles. The Labute approximate surface area is 196 Å². The average Bonchev–Trinajstić information content (AvgIpc) is 3.54. The van der Waals surface area contributed by atoms with Crippen molar-refractivity contribution in [2.45, 2.75) is 12.8 Å². The summed E-state index contributed by atoms with van der Waals surface area (Å²) in [6.45, 7) is -2.76. The molecule has 1 fully saturated rings. The first-order valence-electron chi connectivity index (χ1n) is 11.2. The van der Waals surface area contributed by atoms with E-state index in [-0.39, 0.29) is 39.7 Å². The fourth-order valence-corrected chi connectivity index (χ4v) is 3.79. The number of carboxylic acid groups (broad SMARTS) is 1. The predicted molar refractivity (Wildman–Crippen MR) is 121 cm³/mol. The third-order valence-corrected chi connectivity index (χ3v) is 5.78. The van der Waals surface area contributed by atoms with Gasteiger partial charge in [0, 0.05) is 23.1 Å². The second kappa shape index (κ2) is 9.20. The minimum Gasteiger partial charge on any atom is -0.494 e. The van der Waals surface area contributed by atoms with Crippen molar-refractivity contribution in [2.24, 2.45) is 5.92 Å². The van der Waals surface area contributed by atoms with Crippen LogP contribution in [0.3, 0.4) is 0 Å². The second-order valence-electron chi connectivity index (χ2n) is 7.06. The number of benzene rings is 1. The highest BCUT2D eigenvalue weighted by Gasteiger charge is 2.30. The van der Waals surface area contributed by atoms with Crippen LogP contribution in [0.4, 0.5) is 17.2 Å². The molecule has 12 heteroatoms. The van der Waals surface area contributed by atoms with Gasteiger partial charge in [-0.2, -0.15) is 0 Å². The number of rotatable bonds is 8. The molecular weight excluding hydrogens is 448 g/mol. The minimum absolute atomic E-state index is 0.0448. The summed E-state index contributed by atoms with van der Waals surface area (Å²) >= 11 is 0.956. The summed E-state index contributed by atoms with van der Waals surface area (Å²) in [4.78, 5) is 40.3. The Morgan fingerprint density at radius 1 is 1.24 bits per heavy atom. The lowest BCUT2D eigenvalue weighted by atomic mass is 10.1. The Kier molecular flexibility index (Phi) is 5.16. The maximum absolute atomic E-state index is 12.6. The summed E-state index contributed by atoms with van der Waals surface area (Å²) in [5.41, 5.74) is 0.555. The van der Waals surface area contributed by atoms with Gasteiger partial charge in [0.1, 0.15) is 9.88 Å². The normalized spacial score (nSPS) is 14.4. The number of nitrogens with zero attached hydrogens (tertiary/aromatic N) is 3. The van der Waals surface area contributed by atoms with E-state index >= 15 is 0 Å². The van der Waals surface area contributed by atoms with Crippen LogP contribution in [-0.4, -0.2) is 52.2 Å². The molecule has 0 spiro atoms. The van der Waals surface area contributed by atoms with Crippen molar-refractivity contribution in [1.82, 2.24) is 20.5 Å². The summed E-state index contributed by atoms with van der Waals surface area (Å²) in [5, 5.41) is 24.8. The van der Waals surface area contributed by atoms with Gasteiger partial charge in [-0.15, -0.1) is 21.5 Å². The van der Waals surface area contributed by atoms with Crippen LogP contribution in [-0.2, 0) is 4.79 Å². The third-order valence-electron chi connectivity index (χ3n) is 4.76. The Bertz CT molecular complexity index is 1340. The number of para-hydroxylation sites is 1. The first-order valence-corrected chi connectivity index (χ1v) is 10.5. The maximum atomic E-state index is 12.6. The number of hydrogen-bond donors (Lipinski definition) is 4. The van der Waals surface area contributed by atoms with E-state index in [0.29, 0.717) is 16.3 Å². The molecule has 0 unspecified atom stereocenters. The van der Waals surface area contributed by atoms with Crippen molar-refractivity contribution < 1.29 is 28.3 Å². The standard InChI is InChI=1S/C21H20N6O5S/c1-22-19(29)16-13(8-15(26-27-16)25-18(28)10-6-7-10)24-12-5-3-4-11(17(12)32-2)20-23-9-14(33-20)21(30)31/h3-5,8-10H,6-7H2,1-2H3,(H,22,29)(H,30,31)(H2,24,25,26,28)/i1D3. The number of anilines is 3. The van der Waals surface area contributed by atoms with Crippen LogP contribution in [0.15, 0.2) is 30.5 Å². The van der Waals surface area contributed by atoms with E-state index < -0.39 is 18.9 Å². The Morgan fingerprint density at radius 3 is 2.73 bits per heavy atom. The number of ether oxygens (including phenoxy) is 1. The van der Waals surface area contributed by atoms with Gasteiger partial charge in [-0.25, -0.2) is 9.78 Å². The summed E-state index contributed by atoms with van der Waals surface area (Å²) in [7, 11) is 1.41. The van der Waals surface area contributed by atoms with Gasteiger partial charge in [0.15, 0.2) is 17.3 Å². The molecule has 1 saturated carbocycles. The van der Waals surface area contributed by atoms with Gasteiger partial charge in [-0.05, 0) is 25.0 Å². The van der Waals surface area contributed by atoms with Gasteiger partial charge in [-0.3, -0.25) is 9.59 Å². The van der Waals surface area contributed by atoms with E-state index in [1.807, 2.05) is 5.32 Å².